The third kappa shape index (κ3) is 3.68. The highest BCUT2D eigenvalue weighted by atomic mass is 35.5. The van der Waals surface area contributed by atoms with E-state index in [9.17, 15) is 19.2 Å². The quantitative estimate of drug-likeness (QED) is 0.391. The van der Waals surface area contributed by atoms with Crippen molar-refractivity contribution in [1.82, 2.24) is 0 Å². The second kappa shape index (κ2) is 9.77. The van der Waals surface area contributed by atoms with Crippen LogP contribution >= 0.6 is 23.2 Å². The molecule has 8 heteroatoms. The Labute approximate surface area is 195 Å². The third-order valence-corrected chi connectivity index (χ3v) is 4.93. The van der Waals surface area contributed by atoms with Crippen LogP contribution in [0.1, 0.15) is 41.4 Å². The van der Waals surface area contributed by atoms with Gasteiger partial charge in [0.05, 0.1) is 33.6 Å². The lowest BCUT2D eigenvalue weighted by Gasteiger charge is -2.18. The number of fused-ring (bicyclic) bond motifs is 2. The van der Waals surface area contributed by atoms with E-state index >= 15 is 0 Å². The van der Waals surface area contributed by atoms with Crippen molar-refractivity contribution in [2.75, 3.05) is 22.6 Å². The molecule has 0 fully saturated rings. The van der Waals surface area contributed by atoms with Gasteiger partial charge in [-0.15, -0.1) is 23.2 Å². The Balaban J connectivity index is 0.000000686. The summed E-state index contributed by atoms with van der Waals surface area (Å²) in [6, 6.07) is 19.5. The van der Waals surface area contributed by atoms with Gasteiger partial charge in [0, 0.05) is 12.8 Å². The lowest BCUT2D eigenvalue weighted by atomic mass is 10.1. The molecule has 0 spiro atoms. The molecule has 0 bridgehead atoms. The van der Waals surface area contributed by atoms with Crippen LogP contribution in [0, 0.1) is 0 Å². The van der Waals surface area contributed by atoms with Gasteiger partial charge in [0.1, 0.15) is 0 Å². The number of carbonyl (C=O) groups is 4. The molecular weight excluding hydrogens is 451 g/mol. The van der Waals surface area contributed by atoms with Crippen molar-refractivity contribution in [3.05, 3.63) is 95.1 Å². The van der Waals surface area contributed by atoms with E-state index in [4.69, 9.17) is 0 Å². The Morgan fingerprint density at radius 1 is 0.469 bits per heavy atom. The van der Waals surface area contributed by atoms with E-state index in [0.29, 0.717) is 33.6 Å². The van der Waals surface area contributed by atoms with Crippen LogP contribution in [0.3, 0.4) is 0 Å². The van der Waals surface area contributed by atoms with Crippen LogP contribution in [0.5, 0.6) is 0 Å². The van der Waals surface area contributed by atoms with Crippen molar-refractivity contribution in [2.24, 2.45) is 0 Å². The number of alkyl halides is 2. The van der Waals surface area contributed by atoms with E-state index in [0.717, 1.165) is 9.80 Å². The smallest absolute Gasteiger partial charge is 0.266 e. The number of anilines is 2. The molecule has 3 aromatic rings. The lowest BCUT2D eigenvalue weighted by molar-refractivity contribution is 0.0912. The number of hydrogen-bond donors (Lipinski definition) is 0. The molecule has 2 aliphatic heterocycles. The van der Waals surface area contributed by atoms with Crippen LogP contribution in [0.4, 0.5) is 11.4 Å². The molecule has 0 unspecified atom stereocenters. The Morgan fingerprint density at radius 3 is 1.03 bits per heavy atom. The molecule has 3 aromatic carbocycles. The summed E-state index contributed by atoms with van der Waals surface area (Å²) in [7, 11) is 0. The highest BCUT2D eigenvalue weighted by Crippen LogP contribution is 2.33. The molecule has 0 aromatic heterocycles. The molecule has 0 atom stereocenters. The number of nitrogens with zero attached hydrogens (tertiary/aromatic N) is 2. The molecule has 0 saturated heterocycles. The number of imide groups is 2. The molecular formula is C24H18Cl2N2O4. The maximum absolute atomic E-state index is 12.7. The number of hydrogen-bond acceptors (Lipinski definition) is 4. The fourth-order valence-corrected chi connectivity index (χ4v) is 3.62. The number of carbonyl (C=O) groups excluding carboxylic acids is 4. The molecule has 162 valence electrons. The number of amides is 4. The molecule has 0 radical (unpaired) electrons. The maximum Gasteiger partial charge on any atom is 0.266 e. The first-order valence-corrected chi connectivity index (χ1v) is 10.9. The zero-order valence-corrected chi connectivity index (χ0v) is 18.7. The van der Waals surface area contributed by atoms with Gasteiger partial charge in [-0.2, -0.15) is 0 Å². The Kier molecular flexibility index (Phi) is 7.08. The van der Waals surface area contributed by atoms with Gasteiger partial charge in [0.2, 0.25) is 0 Å². The minimum Gasteiger partial charge on any atom is -0.268 e. The maximum atomic E-state index is 12.7. The highest BCUT2D eigenvalue weighted by molar-refractivity contribution is 6.36. The zero-order chi connectivity index (χ0) is 23.4. The van der Waals surface area contributed by atoms with E-state index in [2.05, 4.69) is 23.2 Å². The van der Waals surface area contributed by atoms with E-state index < -0.39 is 23.6 Å². The number of rotatable bonds is 2. The molecule has 5 rings (SSSR count). The first-order chi connectivity index (χ1) is 15.6. The largest absolute Gasteiger partial charge is 0.268 e. The minimum atomic E-state index is -0.430. The van der Waals surface area contributed by atoms with Gasteiger partial charge in [0.25, 0.3) is 23.6 Å². The van der Waals surface area contributed by atoms with Gasteiger partial charge in [0.15, 0.2) is 0 Å². The average molecular weight is 469 g/mol. The van der Waals surface area contributed by atoms with Crippen molar-refractivity contribution in [3.63, 3.8) is 0 Å². The standard InChI is InChI=1S/C22H12N2O4.2CH3Cl/c25-19-15-8-1-2-9-16(15)20(26)23(19)13-6-5-7-14(12-13)24-21(27)17-10-3-4-11-18(17)22(24)28;2*1-2/h1-12H;2*1H3. The first-order valence-electron chi connectivity index (χ1n) is 9.39. The molecule has 6 nitrogen and oxygen atoms in total. The summed E-state index contributed by atoms with van der Waals surface area (Å²) < 4.78 is 0. The molecule has 0 saturated carbocycles. The van der Waals surface area contributed by atoms with Gasteiger partial charge in [-0.25, -0.2) is 9.80 Å². The summed E-state index contributed by atoms with van der Waals surface area (Å²) in [5, 5.41) is 0. The van der Waals surface area contributed by atoms with Crippen LogP contribution in [0.2, 0.25) is 0 Å². The number of benzene rings is 3. The lowest BCUT2D eigenvalue weighted by Crippen LogP contribution is -2.31. The first kappa shape index (κ1) is 23.2. The van der Waals surface area contributed by atoms with Crippen LogP contribution < -0.4 is 9.80 Å². The Bertz CT molecular complexity index is 1070. The zero-order valence-electron chi connectivity index (χ0n) is 17.2. The summed E-state index contributed by atoms with van der Waals surface area (Å²) in [6.07, 6.45) is 2.94. The summed E-state index contributed by atoms with van der Waals surface area (Å²) in [6.45, 7) is 0. The van der Waals surface area contributed by atoms with Crippen molar-refractivity contribution in [2.45, 2.75) is 0 Å². The minimum absolute atomic E-state index is 0.306. The topological polar surface area (TPSA) is 74.8 Å². The second-order valence-corrected chi connectivity index (χ2v) is 6.50. The van der Waals surface area contributed by atoms with Gasteiger partial charge >= 0.3 is 0 Å². The van der Waals surface area contributed by atoms with E-state index in [1.165, 1.54) is 18.8 Å². The fourth-order valence-electron chi connectivity index (χ4n) is 3.62. The summed E-state index contributed by atoms with van der Waals surface area (Å²) >= 11 is 9.28. The summed E-state index contributed by atoms with van der Waals surface area (Å²) in [5.74, 6) is -1.72. The van der Waals surface area contributed by atoms with Crippen molar-refractivity contribution >= 4 is 58.2 Å². The van der Waals surface area contributed by atoms with Crippen LogP contribution in [0.15, 0.2) is 72.8 Å². The van der Waals surface area contributed by atoms with Crippen molar-refractivity contribution in [3.8, 4) is 0 Å². The summed E-state index contributed by atoms with van der Waals surface area (Å²) in [5.41, 5.74) is 1.94. The van der Waals surface area contributed by atoms with E-state index in [1.54, 1.807) is 66.7 Å². The number of halogens is 2. The molecule has 2 heterocycles. The molecule has 2 aliphatic rings. The van der Waals surface area contributed by atoms with Crippen LogP contribution in [-0.4, -0.2) is 36.4 Å². The highest BCUT2D eigenvalue weighted by Gasteiger charge is 2.39. The van der Waals surface area contributed by atoms with Gasteiger partial charge in [-0.1, -0.05) is 30.3 Å². The predicted molar refractivity (Wildman–Crippen MR) is 125 cm³/mol. The van der Waals surface area contributed by atoms with E-state index in [-0.39, 0.29) is 0 Å². The van der Waals surface area contributed by atoms with Crippen LogP contribution in [-0.2, 0) is 0 Å². The van der Waals surface area contributed by atoms with Crippen molar-refractivity contribution in [1.29, 1.82) is 0 Å². The van der Waals surface area contributed by atoms with Gasteiger partial charge < -0.3 is 0 Å². The molecule has 0 N–H and O–H groups in total. The summed E-state index contributed by atoms with van der Waals surface area (Å²) in [4.78, 5) is 52.9. The molecule has 0 aliphatic carbocycles. The van der Waals surface area contributed by atoms with Crippen LogP contribution in [0.25, 0.3) is 0 Å². The normalized spacial score (nSPS) is 13.8. The Hall–Kier alpha value is -3.48. The van der Waals surface area contributed by atoms with Gasteiger partial charge in [-0.3, -0.25) is 19.2 Å². The average Bonchev–Trinajstić information content (AvgIpc) is 3.26. The Morgan fingerprint density at radius 2 is 0.750 bits per heavy atom. The van der Waals surface area contributed by atoms with Gasteiger partial charge in [-0.05, 0) is 42.5 Å². The monoisotopic (exact) mass is 468 g/mol. The van der Waals surface area contributed by atoms with E-state index in [1.807, 2.05) is 0 Å². The molecule has 4 amide bonds. The SMILES string of the molecule is CCl.CCl.O=C1c2ccccc2C(=O)N1c1cccc(N2C(=O)c3ccccc3C2=O)c1. The second-order valence-electron chi connectivity index (χ2n) is 6.50. The fraction of sp³-hybridized carbons (Fsp3) is 0.0833. The third-order valence-electron chi connectivity index (χ3n) is 4.93. The molecule has 32 heavy (non-hydrogen) atoms. The predicted octanol–water partition coefficient (Wildman–Crippen LogP) is 5.00. The van der Waals surface area contributed by atoms with Crippen molar-refractivity contribution < 1.29 is 19.2 Å².